The molecule has 0 unspecified atom stereocenters. The van der Waals surface area contributed by atoms with E-state index in [1.165, 1.54) is 5.56 Å². The lowest BCUT2D eigenvalue weighted by atomic mass is 10.0. The summed E-state index contributed by atoms with van der Waals surface area (Å²) in [6, 6.07) is 14.8. The van der Waals surface area contributed by atoms with E-state index < -0.39 is 0 Å². The van der Waals surface area contributed by atoms with Crippen molar-refractivity contribution in [1.29, 1.82) is 0 Å². The van der Waals surface area contributed by atoms with Crippen LogP contribution in [0.4, 0.5) is 5.69 Å². The Balaban J connectivity index is 1.90. The van der Waals surface area contributed by atoms with Gasteiger partial charge in [-0.3, -0.25) is 4.79 Å². The highest BCUT2D eigenvalue weighted by molar-refractivity contribution is 7.80. The Morgan fingerprint density at radius 2 is 1.91 bits per heavy atom. The van der Waals surface area contributed by atoms with Gasteiger partial charge in [0, 0.05) is 11.3 Å². The Kier molecular flexibility index (Phi) is 5.71. The van der Waals surface area contributed by atoms with Crippen molar-refractivity contribution in [3.8, 4) is 5.75 Å². The highest BCUT2D eigenvalue weighted by Gasteiger charge is 2.06. The third-order valence-corrected chi connectivity index (χ3v) is 3.58. The minimum absolute atomic E-state index is 0.0572. The number of anilines is 1. The lowest BCUT2D eigenvalue weighted by Gasteiger charge is -2.10. The number of hydrogen-bond acceptors (Lipinski definition) is 3. The Bertz CT molecular complexity index is 696. The van der Waals surface area contributed by atoms with Crippen LogP contribution < -0.4 is 15.8 Å². The van der Waals surface area contributed by atoms with E-state index in [0.29, 0.717) is 27.9 Å². The summed E-state index contributed by atoms with van der Waals surface area (Å²) in [5.74, 6) is 0.896. The van der Waals surface area contributed by atoms with Crippen LogP contribution in [0, 0.1) is 0 Å². The molecular weight excluding hydrogens is 308 g/mol. The Labute approximate surface area is 141 Å². The summed E-state index contributed by atoms with van der Waals surface area (Å²) in [6.45, 7) is 4.20. The van der Waals surface area contributed by atoms with E-state index >= 15 is 0 Å². The first-order chi connectivity index (χ1) is 11.0. The molecule has 0 aliphatic carbocycles. The molecule has 0 radical (unpaired) electrons. The fourth-order valence-electron chi connectivity index (χ4n) is 2.05. The Morgan fingerprint density at radius 1 is 1.22 bits per heavy atom. The Hall–Kier alpha value is -2.40. The fourth-order valence-corrected chi connectivity index (χ4v) is 2.17. The van der Waals surface area contributed by atoms with Crippen molar-refractivity contribution < 1.29 is 9.53 Å². The lowest BCUT2D eigenvalue weighted by molar-refractivity contribution is -0.118. The fraction of sp³-hybridized carbons (Fsp3) is 0.222. The van der Waals surface area contributed by atoms with Crippen LogP contribution in [0.25, 0.3) is 0 Å². The SMILES string of the molecule is CC(C)c1ccc(OCC(=O)Nc2cccc(C(N)=S)c2)cc1. The molecule has 5 heteroatoms. The first-order valence-electron chi connectivity index (χ1n) is 7.38. The van der Waals surface area contributed by atoms with Gasteiger partial charge in [-0.25, -0.2) is 0 Å². The third kappa shape index (κ3) is 5.07. The van der Waals surface area contributed by atoms with Crippen LogP contribution >= 0.6 is 12.2 Å². The van der Waals surface area contributed by atoms with Gasteiger partial charge < -0.3 is 15.8 Å². The number of amides is 1. The quantitative estimate of drug-likeness (QED) is 0.797. The highest BCUT2D eigenvalue weighted by Crippen LogP contribution is 2.18. The zero-order chi connectivity index (χ0) is 16.8. The van der Waals surface area contributed by atoms with E-state index in [2.05, 4.69) is 19.2 Å². The highest BCUT2D eigenvalue weighted by atomic mass is 32.1. The molecule has 2 aromatic rings. The average molecular weight is 328 g/mol. The van der Waals surface area contributed by atoms with Gasteiger partial charge in [-0.1, -0.05) is 50.3 Å². The molecule has 23 heavy (non-hydrogen) atoms. The number of carbonyl (C=O) groups is 1. The second kappa shape index (κ2) is 7.74. The van der Waals surface area contributed by atoms with Gasteiger partial charge in [0.2, 0.25) is 0 Å². The first-order valence-corrected chi connectivity index (χ1v) is 7.79. The number of thiocarbonyl (C=S) groups is 1. The van der Waals surface area contributed by atoms with E-state index in [4.69, 9.17) is 22.7 Å². The van der Waals surface area contributed by atoms with E-state index in [-0.39, 0.29) is 12.5 Å². The van der Waals surface area contributed by atoms with E-state index in [9.17, 15) is 4.79 Å². The van der Waals surface area contributed by atoms with E-state index in [1.807, 2.05) is 24.3 Å². The number of ether oxygens (including phenoxy) is 1. The number of carbonyl (C=O) groups excluding carboxylic acids is 1. The molecule has 2 aromatic carbocycles. The maximum Gasteiger partial charge on any atom is 0.262 e. The largest absolute Gasteiger partial charge is 0.484 e. The minimum Gasteiger partial charge on any atom is -0.484 e. The summed E-state index contributed by atoms with van der Waals surface area (Å²) < 4.78 is 5.49. The topological polar surface area (TPSA) is 64.3 Å². The van der Waals surface area contributed by atoms with Gasteiger partial charge >= 0.3 is 0 Å². The second-order valence-electron chi connectivity index (χ2n) is 5.51. The van der Waals surface area contributed by atoms with Crippen molar-refractivity contribution in [2.75, 3.05) is 11.9 Å². The zero-order valence-electron chi connectivity index (χ0n) is 13.2. The predicted molar refractivity (Wildman–Crippen MR) is 97.0 cm³/mol. The first kappa shape index (κ1) is 17.0. The molecule has 0 aliphatic rings. The summed E-state index contributed by atoms with van der Waals surface area (Å²) in [7, 11) is 0. The zero-order valence-corrected chi connectivity index (χ0v) is 14.0. The van der Waals surface area contributed by atoms with Crippen molar-refractivity contribution in [3.05, 3.63) is 59.7 Å². The van der Waals surface area contributed by atoms with Gasteiger partial charge in [0.1, 0.15) is 10.7 Å². The molecule has 1 amide bonds. The van der Waals surface area contributed by atoms with Crippen molar-refractivity contribution in [2.45, 2.75) is 19.8 Å². The molecule has 0 atom stereocenters. The van der Waals surface area contributed by atoms with Crippen LogP contribution in [0.1, 0.15) is 30.9 Å². The molecule has 0 bridgehead atoms. The van der Waals surface area contributed by atoms with Gasteiger partial charge in [0.15, 0.2) is 6.61 Å². The average Bonchev–Trinajstić information content (AvgIpc) is 2.53. The third-order valence-electron chi connectivity index (χ3n) is 3.35. The van der Waals surface area contributed by atoms with Crippen LogP contribution in [0.2, 0.25) is 0 Å². The van der Waals surface area contributed by atoms with Crippen LogP contribution in [0.15, 0.2) is 48.5 Å². The number of hydrogen-bond donors (Lipinski definition) is 2. The molecule has 0 aromatic heterocycles. The molecule has 0 spiro atoms. The molecule has 0 saturated carbocycles. The van der Waals surface area contributed by atoms with Gasteiger partial charge in [-0.2, -0.15) is 0 Å². The minimum atomic E-state index is -0.238. The standard InChI is InChI=1S/C18H20N2O2S/c1-12(2)13-6-8-16(9-7-13)22-11-17(21)20-15-5-3-4-14(10-15)18(19)23/h3-10,12H,11H2,1-2H3,(H2,19,23)(H,20,21). The molecule has 4 nitrogen and oxygen atoms in total. The van der Waals surface area contributed by atoms with Crippen LogP contribution in [-0.4, -0.2) is 17.5 Å². The number of nitrogens with one attached hydrogen (secondary N) is 1. The molecular formula is C18H20N2O2S. The second-order valence-corrected chi connectivity index (χ2v) is 5.95. The van der Waals surface area contributed by atoms with Crippen LogP contribution in [0.3, 0.4) is 0 Å². The normalized spacial score (nSPS) is 10.4. The maximum atomic E-state index is 11.9. The van der Waals surface area contributed by atoms with Crippen molar-refractivity contribution in [1.82, 2.24) is 0 Å². The molecule has 120 valence electrons. The summed E-state index contributed by atoms with van der Waals surface area (Å²) in [5.41, 5.74) is 8.16. The molecule has 0 aliphatic heterocycles. The summed E-state index contributed by atoms with van der Waals surface area (Å²) in [6.07, 6.45) is 0. The molecule has 2 rings (SSSR count). The molecule has 3 N–H and O–H groups in total. The summed E-state index contributed by atoms with van der Waals surface area (Å²) in [4.78, 5) is 12.2. The van der Waals surface area contributed by atoms with Crippen molar-refractivity contribution in [3.63, 3.8) is 0 Å². The van der Waals surface area contributed by atoms with Crippen LogP contribution in [0.5, 0.6) is 5.75 Å². The summed E-state index contributed by atoms with van der Waals surface area (Å²) >= 11 is 4.92. The number of rotatable bonds is 6. The van der Waals surface area contributed by atoms with E-state index in [0.717, 1.165) is 0 Å². The summed E-state index contributed by atoms with van der Waals surface area (Å²) in [5, 5.41) is 2.76. The van der Waals surface area contributed by atoms with Crippen LogP contribution in [-0.2, 0) is 4.79 Å². The molecule has 0 fully saturated rings. The van der Waals surface area contributed by atoms with Gasteiger partial charge in [-0.05, 0) is 35.7 Å². The monoisotopic (exact) mass is 328 g/mol. The lowest BCUT2D eigenvalue weighted by Crippen LogP contribution is -2.20. The number of nitrogens with two attached hydrogens (primary N) is 1. The van der Waals surface area contributed by atoms with Crippen molar-refractivity contribution in [2.24, 2.45) is 5.73 Å². The Morgan fingerprint density at radius 3 is 2.52 bits per heavy atom. The maximum absolute atomic E-state index is 11.9. The van der Waals surface area contributed by atoms with Gasteiger partial charge in [-0.15, -0.1) is 0 Å². The molecule has 0 heterocycles. The van der Waals surface area contributed by atoms with E-state index in [1.54, 1.807) is 24.3 Å². The number of benzene rings is 2. The smallest absolute Gasteiger partial charge is 0.262 e. The van der Waals surface area contributed by atoms with Crippen molar-refractivity contribution >= 4 is 28.8 Å². The van der Waals surface area contributed by atoms with Gasteiger partial charge in [0.25, 0.3) is 5.91 Å². The van der Waals surface area contributed by atoms with Gasteiger partial charge in [0.05, 0.1) is 0 Å². The molecule has 0 saturated heterocycles. The predicted octanol–water partition coefficient (Wildman–Crippen LogP) is 3.46.